The van der Waals surface area contributed by atoms with E-state index in [1.165, 1.54) is 17.2 Å². The summed E-state index contributed by atoms with van der Waals surface area (Å²) < 4.78 is 16.5. The van der Waals surface area contributed by atoms with Gasteiger partial charge < -0.3 is 10.6 Å². The molecule has 1 aromatic heterocycles. The van der Waals surface area contributed by atoms with Gasteiger partial charge in [-0.25, -0.2) is 9.07 Å². The minimum Gasteiger partial charge on any atom is -0.375 e. The molecule has 2 aliphatic heterocycles. The average Bonchev–Trinajstić information content (AvgIpc) is 3.05. The molecule has 1 atom stereocenters. The second-order valence-electron chi connectivity index (χ2n) is 7.81. The molecule has 3 heterocycles. The highest BCUT2D eigenvalue weighted by Gasteiger charge is 2.27. The first-order chi connectivity index (χ1) is 14.6. The molecule has 0 amide bonds. The fraction of sp³-hybridized carbons (Fsp3) is 0.304. The van der Waals surface area contributed by atoms with Gasteiger partial charge in [-0.05, 0) is 61.2 Å². The van der Waals surface area contributed by atoms with Crippen LogP contribution in [-0.4, -0.2) is 28.1 Å². The number of hydrogen-bond donors (Lipinski definition) is 2. The molecule has 5 rings (SSSR count). The SMILES string of the molecule is Cc1nnn2c1-c1ccc(C3=CCNCC3)cc1C(Nc1c(F)cccc1Cl)CC2. The van der Waals surface area contributed by atoms with Crippen molar-refractivity contribution in [3.63, 3.8) is 0 Å². The van der Waals surface area contributed by atoms with Crippen LogP contribution in [0.15, 0.2) is 42.5 Å². The molecule has 2 N–H and O–H groups in total. The summed E-state index contributed by atoms with van der Waals surface area (Å²) in [7, 11) is 0. The van der Waals surface area contributed by atoms with Crippen molar-refractivity contribution in [1.29, 1.82) is 0 Å². The number of nitrogens with one attached hydrogen (secondary N) is 2. The van der Waals surface area contributed by atoms with Crippen LogP contribution in [0.4, 0.5) is 10.1 Å². The van der Waals surface area contributed by atoms with Crippen molar-refractivity contribution < 1.29 is 4.39 Å². The molecule has 30 heavy (non-hydrogen) atoms. The molecule has 0 spiro atoms. The summed E-state index contributed by atoms with van der Waals surface area (Å²) >= 11 is 6.32. The Bertz CT molecular complexity index is 1120. The van der Waals surface area contributed by atoms with Gasteiger partial charge in [-0.1, -0.05) is 41.1 Å². The van der Waals surface area contributed by atoms with Crippen LogP contribution in [0.25, 0.3) is 16.8 Å². The van der Waals surface area contributed by atoms with Crippen LogP contribution in [0.3, 0.4) is 0 Å². The third-order valence-electron chi connectivity index (χ3n) is 5.93. The molecule has 154 valence electrons. The third kappa shape index (κ3) is 3.40. The van der Waals surface area contributed by atoms with Gasteiger partial charge in [0.15, 0.2) is 0 Å². The number of aryl methyl sites for hydroxylation is 2. The molecule has 7 heteroatoms. The van der Waals surface area contributed by atoms with Gasteiger partial charge in [-0.3, -0.25) is 0 Å². The number of fused-ring (bicyclic) bond motifs is 3. The van der Waals surface area contributed by atoms with Crippen molar-refractivity contribution in [2.75, 3.05) is 18.4 Å². The number of benzene rings is 2. The van der Waals surface area contributed by atoms with Crippen LogP contribution in [-0.2, 0) is 6.54 Å². The van der Waals surface area contributed by atoms with Gasteiger partial charge in [-0.2, -0.15) is 0 Å². The molecular formula is C23H23ClFN5. The van der Waals surface area contributed by atoms with Crippen molar-refractivity contribution in [1.82, 2.24) is 20.3 Å². The number of halogens is 2. The van der Waals surface area contributed by atoms with Gasteiger partial charge in [0, 0.05) is 18.7 Å². The second-order valence-corrected chi connectivity index (χ2v) is 8.22. The van der Waals surface area contributed by atoms with E-state index in [0.29, 0.717) is 17.3 Å². The van der Waals surface area contributed by atoms with Gasteiger partial charge in [0.2, 0.25) is 0 Å². The smallest absolute Gasteiger partial charge is 0.147 e. The van der Waals surface area contributed by atoms with Crippen molar-refractivity contribution in [2.24, 2.45) is 0 Å². The van der Waals surface area contributed by atoms with E-state index in [2.05, 4.69) is 45.2 Å². The predicted molar refractivity (Wildman–Crippen MR) is 118 cm³/mol. The van der Waals surface area contributed by atoms with Gasteiger partial charge in [0.05, 0.1) is 28.1 Å². The van der Waals surface area contributed by atoms with Crippen LogP contribution in [0.5, 0.6) is 0 Å². The zero-order valence-corrected chi connectivity index (χ0v) is 17.5. The lowest BCUT2D eigenvalue weighted by Crippen LogP contribution is -2.20. The highest BCUT2D eigenvalue weighted by atomic mass is 35.5. The Labute approximate surface area is 179 Å². The van der Waals surface area contributed by atoms with E-state index in [0.717, 1.165) is 48.4 Å². The first-order valence-corrected chi connectivity index (χ1v) is 10.6. The number of rotatable bonds is 3. The molecule has 5 nitrogen and oxygen atoms in total. The second kappa shape index (κ2) is 7.85. The Kier molecular flexibility index (Phi) is 5.05. The Morgan fingerprint density at radius 2 is 2.17 bits per heavy atom. The summed E-state index contributed by atoms with van der Waals surface area (Å²) in [5.41, 5.74) is 7.02. The average molecular weight is 424 g/mol. The van der Waals surface area contributed by atoms with Gasteiger partial charge in [-0.15, -0.1) is 5.10 Å². The molecule has 0 bridgehead atoms. The summed E-state index contributed by atoms with van der Waals surface area (Å²) in [6.07, 6.45) is 3.99. The van der Waals surface area contributed by atoms with Crippen molar-refractivity contribution in [3.05, 3.63) is 70.1 Å². The quantitative estimate of drug-likeness (QED) is 0.623. The molecule has 0 radical (unpaired) electrons. The molecule has 0 fully saturated rings. The number of aromatic nitrogens is 3. The maximum atomic E-state index is 14.5. The van der Waals surface area contributed by atoms with Crippen LogP contribution < -0.4 is 10.6 Å². The summed E-state index contributed by atoms with van der Waals surface area (Å²) in [5, 5.41) is 15.7. The first-order valence-electron chi connectivity index (χ1n) is 10.3. The topological polar surface area (TPSA) is 54.8 Å². The van der Waals surface area contributed by atoms with Crippen LogP contribution in [0.2, 0.25) is 5.02 Å². The van der Waals surface area contributed by atoms with E-state index < -0.39 is 0 Å². The van der Waals surface area contributed by atoms with Crippen LogP contribution >= 0.6 is 11.6 Å². The largest absolute Gasteiger partial charge is 0.375 e. The van der Waals surface area contributed by atoms with Gasteiger partial charge in [0.1, 0.15) is 5.82 Å². The van der Waals surface area contributed by atoms with Crippen molar-refractivity contribution in [3.8, 4) is 11.3 Å². The summed E-state index contributed by atoms with van der Waals surface area (Å²) in [5.74, 6) is -0.346. The highest BCUT2D eigenvalue weighted by molar-refractivity contribution is 6.33. The van der Waals surface area contributed by atoms with Crippen molar-refractivity contribution >= 4 is 22.9 Å². The molecule has 1 unspecified atom stereocenters. The van der Waals surface area contributed by atoms with Crippen molar-refractivity contribution in [2.45, 2.75) is 32.4 Å². The third-order valence-corrected chi connectivity index (χ3v) is 6.25. The fourth-order valence-corrected chi connectivity index (χ4v) is 4.63. The van der Waals surface area contributed by atoms with Gasteiger partial charge in [0.25, 0.3) is 0 Å². The lowest BCUT2D eigenvalue weighted by atomic mass is 9.90. The molecule has 0 aliphatic carbocycles. The minimum atomic E-state index is -0.346. The van der Waals surface area contributed by atoms with E-state index in [-0.39, 0.29) is 11.9 Å². The number of para-hydroxylation sites is 1. The molecule has 3 aromatic rings. The van der Waals surface area contributed by atoms with E-state index in [4.69, 9.17) is 11.6 Å². The number of nitrogens with zero attached hydrogens (tertiary/aromatic N) is 3. The van der Waals surface area contributed by atoms with Gasteiger partial charge >= 0.3 is 0 Å². The van der Waals surface area contributed by atoms with Crippen LogP contribution in [0.1, 0.15) is 35.7 Å². The summed E-state index contributed by atoms with van der Waals surface area (Å²) in [6.45, 7) is 4.53. The standard InChI is InChI=1S/C23H23ClFN5/c1-14-23-17-6-5-16(15-7-10-26-11-8-15)13-18(17)21(9-12-30(23)29-28-14)27-22-19(24)3-2-4-20(22)25/h2-7,13,21,26-27H,8-12H2,1H3. The molecule has 2 aromatic carbocycles. The van der Waals surface area contributed by atoms with E-state index >= 15 is 0 Å². The lowest BCUT2D eigenvalue weighted by Gasteiger charge is -2.23. The minimum absolute atomic E-state index is 0.0993. The molecule has 0 saturated carbocycles. The molecular weight excluding hydrogens is 401 g/mol. The molecule has 2 aliphatic rings. The highest BCUT2D eigenvalue weighted by Crippen LogP contribution is 2.40. The normalized spacial score (nSPS) is 18.2. The fourth-order valence-electron chi connectivity index (χ4n) is 4.41. The van der Waals surface area contributed by atoms with Crippen LogP contribution in [0, 0.1) is 12.7 Å². The number of anilines is 1. The lowest BCUT2D eigenvalue weighted by molar-refractivity contribution is 0.536. The van der Waals surface area contributed by atoms with E-state index in [9.17, 15) is 4.39 Å². The predicted octanol–water partition coefficient (Wildman–Crippen LogP) is 4.98. The summed E-state index contributed by atoms with van der Waals surface area (Å²) in [6, 6.07) is 11.2. The van der Waals surface area contributed by atoms with E-state index in [1.54, 1.807) is 12.1 Å². The zero-order valence-electron chi connectivity index (χ0n) is 16.8. The monoisotopic (exact) mass is 423 g/mol. The number of hydrogen-bond acceptors (Lipinski definition) is 4. The maximum Gasteiger partial charge on any atom is 0.147 e. The maximum absolute atomic E-state index is 14.5. The zero-order chi connectivity index (χ0) is 20.7. The van der Waals surface area contributed by atoms with E-state index in [1.807, 2.05) is 11.6 Å². The Hall–Kier alpha value is -2.70. The summed E-state index contributed by atoms with van der Waals surface area (Å²) in [4.78, 5) is 0. The first kappa shape index (κ1) is 19.3. The Balaban J connectivity index is 1.63. The Morgan fingerprint density at radius 3 is 2.97 bits per heavy atom. The molecule has 0 saturated heterocycles. The Morgan fingerprint density at radius 1 is 1.27 bits per heavy atom.